The largest absolute Gasteiger partial charge is 0.490 e. The summed E-state index contributed by atoms with van der Waals surface area (Å²) in [7, 11) is -4.32. The third kappa shape index (κ3) is 6.21. The van der Waals surface area contributed by atoms with Gasteiger partial charge in [-0.1, -0.05) is 24.3 Å². The lowest BCUT2D eigenvalue weighted by atomic mass is 10.1. The molecule has 5 aromatic rings. The van der Waals surface area contributed by atoms with Crippen molar-refractivity contribution in [2.24, 2.45) is 5.10 Å². The fraction of sp³-hybridized carbons (Fsp3) is 0.100. The van der Waals surface area contributed by atoms with Crippen molar-refractivity contribution in [1.29, 1.82) is 0 Å². The Kier molecular flexibility index (Phi) is 8.16. The van der Waals surface area contributed by atoms with Crippen LogP contribution in [0.2, 0.25) is 0 Å². The molecule has 1 heterocycles. The van der Waals surface area contributed by atoms with Gasteiger partial charge in [0, 0.05) is 22.9 Å². The zero-order chi connectivity index (χ0) is 30.6. The summed E-state index contributed by atoms with van der Waals surface area (Å²) < 4.78 is 38.1. The Morgan fingerprint density at radius 2 is 1.58 bits per heavy atom. The van der Waals surface area contributed by atoms with Crippen LogP contribution in [0.3, 0.4) is 0 Å². The number of benzene rings is 4. The van der Waals surface area contributed by atoms with Gasteiger partial charge in [-0.2, -0.15) is 13.5 Å². The number of hydrazone groups is 1. The van der Waals surface area contributed by atoms with Crippen LogP contribution in [0.5, 0.6) is 11.5 Å². The molecule has 13 heteroatoms. The van der Waals surface area contributed by atoms with E-state index in [1.807, 2.05) is 0 Å². The van der Waals surface area contributed by atoms with E-state index >= 15 is 0 Å². The summed E-state index contributed by atoms with van der Waals surface area (Å²) in [5.41, 5.74) is 3.81. The first-order chi connectivity index (χ1) is 20.7. The molecule has 5 rings (SSSR count). The average molecular weight is 601 g/mol. The number of ether oxygens (including phenoxy) is 1. The number of hydrogen-bond donors (Lipinski definition) is 1. The topological polar surface area (TPSA) is 159 Å². The minimum atomic E-state index is -4.32. The summed E-state index contributed by atoms with van der Waals surface area (Å²) in [4.78, 5) is 35.8. The van der Waals surface area contributed by atoms with Crippen molar-refractivity contribution >= 4 is 49.7 Å². The summed E-state index contributed by atoms with van der Waals surface area (Å²) >= 11 is 0. The van der Waals surface area contributed by atoms with E-state index in [1.54, 1.807) is 60.0 Å². The van der Waals surface area contributed by atoms with Gasteiger partial charge in [-0.3, -0.25) is 19.7 Å². The number of nitrogens with one attached hydrogen (secondary N) is 1. The predicted molar refractivity (Wildman–Crippen MR) is 160 cm³/mol. The number of rotatable bonds is 10. The van der Waals surface area contributed by atoms with Gasteiger partial charge in [-0.05, 0) is 67.1 Å². The second-order valence-corrected chi connectivity index (χ2v) is 10.7. The van der Waals surface area contributed by atoms with Crippen LogP contribution < -0.4 is 19.8 Å². The monoisotopic (exact) mass is 600 g/mol. The zero-order valence-electron chi connectivity index (χ0n) is 22.7. The van der Waals surface area contributed by atoms with Crippen molar-refractivity contribution < 1.29 is 27.1 Å². The standard InChI is InChI=1S/C30H24N4O8S/c1-2-41-28-17-20(11-16-27(28)42-43(39,40)22-14-12-21(13-15-22)34(37)38)18-31-32-29(35)19-33-25-9-5-3-7-23(25)30(36)24-8-4-6-10-26(24)33/h3-18H,2,19H2,1H3,(H,32,35)/b31-18-. The van der Waals surface area contributed by atoms with Crippen molar-refractivity contribution in [1.82, 2.24) is 9.99 Å². The van der Waals surface area contributed by atoms with Gasteiger partial charge in [-0.15, -0.1) is 0 Å². The zero-order valence-corrected chi connectivity index (χ0v) is 23.5. The van der Waals surface area contributed by atoms with Crippen molar-refractivity contribution in [3.63, 3.8) is 0 Å². The third-order valence-corrected chi connectivity index (χ3v) is 7.64. The highest BCUT2D eigenvalue weighted by Gasteiger charge is 2.21. The molecule has 0 bridgehead atoms. The molecule has 1 amide bonds. The number of nitro benzene ring substituents is 1. The minimum absolute atomic E-state index is 0.0987. The van der Waals surface area contributed by atoms with Gasteiger partial charge < -0.3 is 13.5 Å². The maximum Gasteiger partial charge on any atom is 0.339 e. The first-order valence-electron chi connectivity index (χ1n) is 13.0. The van der Waals surface area contributed by atoms with E-state index in [2.05, 4.69) is 10.5 Å². The Balaban J connectivity index is 1.33. The van der Waals surface area contributed by atoms with Gasteiger partial charge in [0.05, 0.1) is 28.8 Å². The Morgan fingerprint density at radius 1 is 0.953 bits per heavy atom. The van der Waals surface area contributed by atoms with Crippen LogP contribution in [0.15, 0.2) is 106 Å². The number of para-hydroxylation sites is 2. The summed E-state index contributed by atoms with van der Waals surface area (Å²) in [6, 6.07) is 22.8. The maximum atomic E-state index is 12.9. The quantitative estimate of drug-likeness (QED) is 0.0813. The molecule has 0 saturated heterocycles. The smallest absolute Gasteiger partial charge is 0.339 e. The van der Waals surface area contributed by atoms with Crippen molar-refractivity contribution in [3.05, 3.63) is 117 Å². The molecule has 0 radical (unpaired) electrons. The van der Waals surface area contributed by atoms with Gasteiger partial charge >= 0.3 is 10.1 Å². The first-order valence-corrected chi connectivity index (χ1v) is 14.4. The number of amides is 1. The molecule has 1 aromatic heterocycles. The Bertz CT molecular complexity index is 2000. The highest BCUT2D eigenvalue weighted by molar-refractivity contribution is 7.87. The Labute approximate surface area is 245 Å². The van der Waals surface area contributed by atoms with E-state index in [-0.39, 0.29) is 40.7 Å². The lowest BCUT2D eigenvalue weighted by Crippen LogP contribution is -2.25. The highest BCUT2D eigenvalue weighted by atomic mass is 32.2. The number of fused-ring (bicyclic) bond motifs is 2. The van der Waals surface area contributed by atoms with Crippen LogP contribution in [0.1, 0.15) is 12.5 Å². The summed E-state index contributed by atoms with van der Waals surface area (Å²) in [6.07, 6.45) is 1.36. The van der Waals surface area contributed by atoms with E-state index in [0.29, 0.717) is 27.4 Å². The Morgan fingerprint density at radius 3 is 2.19 bits per heavy atom. The molecule has 43 heavy (non-hydrogen) atoms. The maximum absolute atomic E-state index is 12.9. The summed E-state index contributed by atoms with van der Waals surface area (Å²) in [5.74, 6) is -0.429. The number of carbonyl (C=O) groups excluding carboxylic acids is 1. The number of pyridine rings is 1. The summed E-state index contributed by atoms with van der Waals surface area (Å²) in [6.45, 7) is 1.81. The number of nitrogens with zero attached hydrogens (tertiary/aromatic N) is 3. The SMILES string of the molecule is CCOc1cc(/C=N\NC(=O)Cn2c3ccccc3c(=O)c3ccccc32)ccc1OS(=O)(=O)c1ccc([N+](=O)[O-])cc1. The molecule has 218 valence electrons. The molecule has 0 saturated carbocycles. The highest BCUT2D eigenvalue weighted by Crippen LogP contribution is 2.31. The van der Waals surface area contributed by atoms with Crippen LogP contribution in [0.25, 0.3) is 21.8 Å². The van der Waals surface area contributed by atoms with E-state index < -0.39 is 20.9 Å². The molecule has 4 aromatic carbocycles. The normalized spacial score (nSPS) is 11.6. The molecule has 0 atom stereocenters. The second-order valence-electron chi connectivity index (χ2n) is 9.17. The lowest BCUT2D eigenvalue weighted by Gasteiger charge is -2.14. The van der Waals surface area contributed by atoms with Gasteiger partial charge in [-0.25, -0.2) is 5.43 Å². The van der Waals surface area contributed by atoms with E-state index in [9.17, 15) is 28.1 Å². The van der Waals surface area contributed by atoms with Crippen LogP contribution >= 0.6 is 0 Å². The fourth-order valence-corrected chi connectivity index (χ4v) is 5.39. The van der Waals surface area contributed by atoms with Crippen LogP contribution in [-0.4, -0.2) is 36.6 Å². The molecular formula is C30H24N4O8S. The number of nitro groups is 1. The lowest BCUT2D eigenvalue weighted by molar-refractivity contribution is -0.384. The predicted octanol–water partition coefficient (Wildman–Crippen LogP) is 4.38. The molecule has 0 unspecified atom stereocenters. The van der Waals surface area contributed by atoms with Crippen LogP contribution in [0, 0.1) is 10.1 Å². The molecule has 0 spiro atoms. The van der Waals surface area contributed by atoms with E-state index in [4.69, 9.17) is 8.92 Å². The molecular weight excluding hydrogens is 576 g/mol. The van der Waals surface area contributed by atoms with Gasteiger partial charge in [0.15, 0.2) is 16.9 Å². The fourth-order valence-electron chi connectivity index (χ4n) is 4.45. The molecule has 12 nitrogen and oxygen atoms in total. The Hall–Kier alpha value is -5.56. The van der Waals surface area contributed by atoms with Crippen LogP contribution in [0.4, 0.5) is 5.69 Å². The van der Waals surface area contributed by atoms with Crippen molar-refractivity contribution in [3.8, 4) is 11.5 Å². The van der Waals surface area contributed by atoms with E-state index in [0.717, 1.165) is 24.3 Å². The molecule has 0 aliphatic rings. The number of aromatic nitrogens is 1. The van der Waals surface area contributed by atoms with Gasteiger partial charge in [0.2, 0.25) is 0 Å². The van der Waals surface area contributed by atoms with Crippen LogP contribution in [-0.2, 0) is 21.5 Å². The number of non-ortho nitro benzene ring substituents is 1. The van der Waals surface area contributed by atoms with Crippen molar-refractivity contribution in [2.75, 3.05) is 6.61 Å². The van der Waals surface area contributed by atoms with Gasteiger partial charge in [0.1, 0.15) is 11.4 Å². The van der Waals surface area contributed by atoms with E-state index in [1.165, 1.54) is 24.4 Å². The van der Waals surface area contributed by atoms with Crippen molar-refractivity contribution in [2.45, 2.75) is 18.4 Å². The molecule has 0 aliphatic carbocycles. The summed E-state index contributed by atoms with van der Waals surface area (Å²) in [5, 5.41) is 15.9. The third-order valence-electron chi connectivity index (χ3n) is 6.39. The average Bonchev–Trinajstić information content (AvgIpc) is 3.00. The first kappa shape index (κ1) is 29.0. The number of hydrogen-bond acceptors (Lipinski definition) is 9. The second kappa shape index (κ2) is 12.1. The molecule has 0 aliphatic heterocycles. The number of carbonyl (C=O) groups is 1. The molecule has 0 fully saturated rings. The molecule has 1 N–H and O–H groups in total. The minimum Gasteiger partial charge on any atom is -0.490 e. The van der Waals surface area contributed by atoms with Gasteiger partial charge in [0.25, 0.3) is 11.6 Å².